The van der Waals surface area contributed by atoms with Gasteiger partial charge in [0.25, 0.3) is 11.6 Å². The molecule has 0 aromatic heterocycles. The largest absolute Gasteiger partial charge is 0.393 e. The van der Waals surface area contributed by atoms with Gasteiger partial charge in [-0.3, -0.25) is 14.9 Å². The van der Waals surface area contributed by atoms with E-state index in [2.05, 4.69) is 5.32 Å². The van der Waals surface area contributed by atoms with Crippen LogP contribution in [0.15, 0.2) is 18.2 Å². The minimum absolute atomic E-state index is 0. The van der Waals surface area contributed by atoms with Crippen molar-refractivity contribution in [2.75, 3.05) is 25.4 Å². The van der Waals surface area contributed by atoms with Crippen molar-refractivity contribution in [2.24, 2.45) is 0 Å². The Balaban J connectivity index is 0.00000200. The lowest BCUT2D eigenvalue weighted by atomic mass is 10.1. The molecule has 1 saturated heterocycles. The van der Waals surface area contributed by atoms with E-state index in [9.17, 15) is 14.9 Å². The third kappa shape index (κ3) is 3.17. The molecule has 8 heteroatoms. The lowest BCUT2D eigenvalue weighted by molar-refractivity contribution is -0.383. The highest BCUT2D eigenvalue weighted by atomic mass is 35.5. The number of amides is 1. The third-order valence-electron chi connectivity index (χ3n) is 3.24. The summed E-state index contributed by atoms with van der Waals surface area (Å²) in [7, 11) is 0. The molecule has 20 heavy (non-hydrogen) atoms. The summed E-state index contributed by atoms with van der Waals surface area (Å²) in [5.41, 5.74) is 5.66. The molecule has 1 aromatic rings. The summed E-state index contributed by atoms with van der Waals surface area (Å²) < 4.78 is 0. The van der Waals surface area contributed by atoms with Gasteiger partial charge in [-0.1, -0.05) is 0 Å². The Bertz CT molecular complexity index is 523. The first kappa shape index (κ1) is 16.2. The van der Waals surface area contributed by atoms with Crippen LogP contribution >= 0.6 is 12.4 Å². The SMILES string of the molecule is CC1CNCCN1C(=O)c1ccc(N)c([N+](=O)[O-])c1.Cl. The number of piperazine rings is 1. The maximum absolute atomic E-state index is 12.3. The van der Waals surface area contributed by atoms with Crippen molar-refractivity contribution >= 4 is 29.7 Å². The van der Waals surface area contributed by atoms with Crippen molar-refractivity contribution < 1.29 is 9.72 Å². The van der Waals surface area contributed by atoms with E-state index >= 15 is 0 Å². The lowest BCUT2D eigenvalue weighted by Crippen LogP contribution is -2.52. The highest BCUT2D eigenvalue weighted by Crippen LogP contribution is 2.23. The van der Waals surface area contributed by atoms with Gasteiger partial charge < -0.3 is 16.0 Å². The number of hydrogen-bond acceptors (Lipinski definition) is 5. The van der Waals surface area contributed by atoms with Gasteiger partial charge in [0.1, 0.15) is 5.69 Å². The maximum Gasteiger partial charge on any atom is 0.292 e. The number of hydrogen-bond donors (Lipinski definition) is 2. The molecule has 3 N–H and O–H groups in total. The predicted molar refractivity (Wildman–Crippen MR) is 78.1 cm³/mol. The molecule has 0 spiro atoms. The van der Waals surface area contributed by atoms with Crippen molar-refractivity contribution in [2.45, 2.75) is 13.0 Å². The summed E-state index contributed by atoms with van der Waals surface area (Å²) in [6.07, 6.45) is 0. The summed E-state index contributed by atoms with van der Waals surface area (Å²) in [5, 5.41) is 14.0. The second kappa shape index (κ2) is 6.53. The molecular weight excluding hydrogens is 284 g/mol. The molecule has 1 atom stereocenters. The summed E-state index contributed by atoms with van der Waals surface area (Å²) >= 11 is 0. The summed E-state index contributed by atoms with van der Waals surface area (Å²) in [4.78, 5) is 24.3. The standard InChI is InChI=1S/C12H16N4O3.ClH/c1-8-7-14-4-5-15(8)12(17)9-2-3-10(13)11(6-9)16(18)19;/h2-3,6,8,14H,4-5,7,13H2,1H3;1H. The quantitative estimate of drug-likeness (QED) is 0.482. The van der Waals surface area contributed by atoms with Crippen LogP contribution in [0.25, 0.3) is 0 Å². The molecule has 0 radical (unpaired) electrons. The number of nitrogen functional groups attached to an aromatic ring is 1. The molecule has 2 rings (SSSR count). The Morgan fingerprint density at radius 3 is 2.85 bits per heavy atom. The lowest BCUT2D eigenvalue weighted by Gasteiger charge is -2.34. The Kier molecular flexibility index (Phi) is 5.29. The fourth-order valence-corrected chi connectivity index (χ4v) is 2.14. The number of nitrogens with one attached hydrogen (secondary N) is 1. The van der Waals surface area contributed by atoms with Gasteiger partial charge in [0, 0.05) is 37.3 Å². The van der Waals surface area contributed by atoms with Crippen molar-refractivity contribution in [3.8, 4) is 0 Å². The Hall–Kier alpha value is -1.86. The first-order valence-corrected chi connectivity index (χ1v) is 6.06. The van der Waals surface area contributed by atoms with Crippen LogP contribution in [-0.4, -0.2) is 41.4 Å². The minimum Gasteiger partial charge on any atom is -0.393 e. The Morgan fingerprint density at radius 2 is 2.25 bits per heavy atom. The monoisotopic (exact) mass is 300 g/mol. The highest BCUT2D eigenvalue weighted by molar-refractivity contribution is 5.96. The Labute approximate surface area is 122 Å². The van der Waals surface area contributed by atoms with E-state index < -0.39 is 4.92 Å². The van der Waals surface area contributed by atoms with Crippen LogP contribution in [0.4, 0.5) is 11.4 Å². The molecule has 1 fully saturated rings. The molecular formula is C12H17ClN4O3. The van der Waals surface area contributed by atoms with Gasteiger partial charge in [-0.25, -0.2) is 0 Å². The molecule has 1 aromatic carbocycles. The minimum atomic E-state index is -0.576. The zero-order valence-corrected chi connectivity index (χ0v) is 11.9. The number of nitro benzene ring substituents is 1. The van der Waals surface area contributed by atoms with Gasteiger partial charge in [0.05, 0.1) is 4.92 Å². The molecule has 1 unspecified atom stereocenters. The van der Waals surface area contributed by atoms with Gasteiger partial charge in [-0.05, 0) is 19.1 Å². The molecule has 1 heterocycles. The fourth-order valence-electron chi connectivity index (χ4n) is 2.14. The predicted octanol–water partition coefficient (Wildman–Crippen LogP) is 1.03. The summed E-state index contributed by atoms with van der Waals surface area (Å²) in [6, 6.07) is 4.24. The molecule has 0 aliphatic carbocycles. The van der Waals surface area contributed by atoms with Gasteiger partial charge >= 0.3 is 0 Å². The van der Waals surface area contributed by atoms with Gasteiger partial charge in [0.15, 0.2) is 0 Å². The number of nitrogens with zero attached hydrogens (tertiary/aromatic N) is 2. The van der Waals surface area contributed by atoms with Gasteiger partial charge in [0.2, 0.25) is 0 Å². The first-order valence-electron chi connectivity index (χ1n) is 6.06. The molecule has 1 amide bonds. The summed E-state index contributed by atoms with van der Waals surface area (Å²) in [6.45, 7) is 3.99. The number of anilines is 1. The number of halogens is 1. The number of carbonyl (C=O) groups excluding carboxylic acids is 1. The van der Waals surface area contributed by atoms with Crippen LogP contribution in [0, 0.1) is 10.1 Å². The molecule has 0 saturated carbocycles. The average molecular weight is 301 g/mol. The number of nitrogens with two attached hydrogens (primary N) is 1. The van der Waals surface area contributed by atoms with Gasteiger partial charge in [-0.2, -0.15) is 0 Å². The van der Waals surface area contributed by atoms with Crippen LogP contribution in [-0.2, 0) is 0 Å². The Morgan fingerprint density at radius 1 is 1.55 bits per heavy atom. The van der Waals surface area contributed by atoms with Crippen LogP contribution in [0.3, 0.4) is 0 Å². The number of rotatable bonds is 2. The second-order valence-corrected chi connectivity index (χ2v) is 4.58. The van der Waals surface area contributed by atoms with E-state index in [-0.39, 0.29) is 35.7 Å². The van der Waals surface area contributed by atoms with E-state index in [0.717, 1.165) is 13.1 Å². The van der Waals surface area contributed by atoms with Crippen LogP contribution in [0.2, 0.25) is 0 Å². The van der Waals surface area contributed by atoms with E-state index in [1.54, 1.807) is 4.90 Å². The molecule has 0 bridgehead atoms. The van der Waals surface area contributed by atoms with Crippen molar-refractivity contribution in [3.05, 3.63) is 33.9 Å². The highest BCUT2D eigenvalue weighted by Gasteiger charge is 2.25. The molecule has 7 nitrogen and oxygen atoms in total. The number of benzene rings is 1. The summed E-state index contributed by atoms with van der Waals surface area (Å²) in [5.74, 6) is -0.197. The number of carbonyl (C=O) groups is 1. The first-order chi connectivity index (χ1) is 9.00. The van der Waals surface area contributed by atoms with Crippen LogP contribution in [0.1, 0.15) is 17.3 Å². The van der Waals surface area contributed by atoms with Crippen molar-refractivity contribution in [1.82, 2.24) is 10.2 Å². The third-order valence-corrected chi connectivity index (χ3v) is 3.24. The zero-order chi connectivity index (χ0) is 14.0. The van der Waals surface area contributed by atoms with E-state index in [0.29, 0.717) is 12.1 Å². The zero-order valence-electron chi connectivity index (χ0n) is 11.0. The average Bonchev–Trinajstić information content (AvgIpc) is 2.38. The number of nitro groups is 1. The van der Waals surface area contributed by atoms with Crippen molar-refractivity contribution in [3.63, 3.8) is 0 Å². The maximum atomic E-state index is 12.3. The smallest absolute Gasteiger partial charge is 0.292 e. The molecule has 110 valence electrons. The molecule has 1 aliphatic rings. The van der Waals surface area contributed by atoms with E-state index in [4.69, 9.17) is 5.73 Å². The normalized spacial score (nSPS) is 18.2. The topological polar surface area (TPSA) is 102 Å². The fraction of sp³-hybridized carbons (Fsp3) is 0.417. The van der Waals surface area contributed by atoms with Crippen LogP contribution < -0.4 is 11.1 Å². The van der Waals surface area contributed by atoms with Gasteiger partial charge in [-0.15, -0.1) is 12.4 Å². The second-order valence-electron chi connectivity index (χ2n) is 4.58. The molecule has 1 aliphatic heterocycles. The van der Waals surface area contributed by atoms with E-state index in [1.807, 2.05) is 6.92 Å². The van der Waals surface area contributed by atoms with E-state index in [1.165, 1.54) is 18.2 Å². The van der Waals surface area contributed by atoms with Crippen LogP contribution in [0.5, 0.6) is 0 Å². The van der Waals surface area contributed by atoms with Crippen molar-refractivity contribution in [1.29, 1.82) is 0 Å².